The molecule has 0 amide bonds. The van der Waals surface area contributed by atoms with E-state index in [1.165, 1.54) is 18.4 Å². The lowest BCUT2D eigenvalue weighted by atomic mass is 9.92. The SMILES string of the molecule is COc1ccc(Cl)cc1C(C#N)C(=O)c1ccsc1. The number of nitrogens with zero attached hydrogens (tertiary/aromatic N) is 1. The Labute approximate surface area is 120 Å². The number of Topliss-reactive ketones (excluding diaryl/α,β-unsaturated/α-hetero) is 1. The second kappa shape index (κ2) is 5.87. The number of hydrogen-bond acceptors (Lipinski definition) is 4. The first-order valence-electron chi connectivity index (χ1n) is 5.47. The number of methoxy groups -OCH3 is 1. The average molecular weight is 292 g/mol. The topological polar surface area (TPSA) is 50.1 Å². The molecule has 1 unspecified atom stereocenters. The van der Waals surface area contributed by atoms with E-state index in [9.17, 15) is 10.1 Å². The standard InChI is InChI=1S/C14H10ClNO2S/c1-18-13-3-2-10(15)6-11(13)12(7-16)14(17)9-4-5-19-8-9/h2-6,8,12H,1H3. The monoisotopic (exact) mass is 291 g/mol. The van der Waals surface area contributed by atoms with Gasteiger partial charge in [-0.2, -0.15) is 16.6 Å². The molecule has 0 aliphatic heterocycles. The van der Waals surface area contributed by atoms with Crippen LogP contribution >= 0.6 is 22.9 Å². The lowest BCUT2D eigenvalue weighted by Crippen LogP contribution is -2.11. The van der Waals surface area contributed by atoms with E-state index in [1.54, 1.807) is 35.0 Å². The Hall–Kier alpha value is -1.83. The molecule has 96 valence electrons. The predicted molar refractivity (Wildman–Crippen MR) is 75.0 cm³/mol. The molecule has 3 nitrogen and oxygen atoms in total. The van der Waals surface area contributed by atoms with E-state index < -0.39 is 5.92 Å². The molecule has 1 aromatic heterocycles. The second-order valence-electron chi connectivity index (χ2n) is 3.82. The van der Waals surface area contributed by atoms with Crippen molar-refractivity contribution < 1.29 is 9.53 Å². The van der Waals surface area contributed by atoms with E-state index in [2.05, 4.69) is 0 Å². The molecule has 0 spiro atoms. The van der Waals surface area contributed by atoms with Crippen LogP contribution in [0.15, 0.2) is 35.0 Å². The summed E-state index contributed by atoms with van der Waals surface area (Å²) in [7, 11) is 1.50. The number of halogens is 1. The molecule has 1 atom stereocenters. The molecular formula is C14H10ClNO2S. The minimum absolute atomic E-state index is 0.246. The smallest absolute Gasteiger partial charge is 0.185 e. The quantitative estimate of drug-likeness (QED) is 0.803. The van der Waals surface area contributed by atoms with Gasteiger partial charge in [0.2, 0.25) is 0 Å². The lowest BCUT2D eigenvalue weighted by Gasteiger charge is -2.12. The highest BCUT2D eigenvalue weighted by molar-refractivity contribution is 7.08. The maximum Gasteiger partial charge on any atom is 0.185 e. The zero-order chi connectivity index (χ0) is 13.8. The van der Waals surface area contributed by atoms with E-state index >= 15 is 0 Å². The Bertz CT molecular complexity index is 631. The van der Waals surface area contributed by atoms with Gasteiger partial charge in [-0.25, -0.2) is 0 Å². The Morgan fingerprint density at radius 3 is 2.84 bits per heavy atom. The third-order valence-corrected chi connectivity index (χ3v) is 3.62. The molecule has 19 heavy (non-hydrogen) atoms. The van der Waals surface area contributed by atoms with Gasteiger partial charge >= 0.3 is 0 Å². The summed E-state index contributed by atoms with van der Waals surface area (Å²) in [5, 5.41) is 13.3. The van der Waals surface area contributed by atoms with E-state index in [0.717, 1.165) is 0 Å². The molecule has 5 heteroatoms. The van der Waals surface area contributed by atoms with Crippen molar-refractivity contribution in [2.75, 3.05) is 7.11 Å². The van der Waals surface area contributed by atoms with Crippen LogP contribution in [0.4, 0.5) is 0 Å². The Balaban J connectivity index is 2.46. The first-order chi connectivity index (χ1) is 9.17. The van der Waals surface area contributed by atoms with Crippen LogP contribution in [0.3, 0.4) is 0 Å². The third-order valence-electron chi connectivity index (χ3n) is 2.70. The molecule has 0 N–H and O–H groups in total. The van der Waals surface area contributed by atoms with Crippen LogP contribution in [0.1, 0.15) is 21.8 Å². The van der Waals surface area contributed by atoms with Crippen molar-refractivity contribution in [3.05, 3.63) is 51.2 Å². The van der Waals surface area contributed by atoms with Crippen molar-refractivity contribution in [1.29, 1.82) is 5.26 Å². The molecule has 0 bridgehead atoms. The molecule has 0 fully saturated rings. The highest BCUT2D eigenvalue weighted by atomic mass is 35.5. The van der Waals surface area contributed by atoms with Gasteiger partial charge in [-0.05, 0) is 29.6 Å². The number of hydrogen-bond donors (Lipinski definition) is 0. The first-order valence-corrected chi connectivity index (χ1v) is 6.79. The minimum Gasteiger partial charge on any atom is -0.496 e. The maximum absolute atomic E-state index is 12.3. The molecule has 2 aromatic rings. The number of carbonyl (C=O) groups excluding carboxylic acids is 1. The van der Waals surface area contributed by atoms with Crippen LogP contribution in [0.25, 0.3) is 0 Å². The zero-order valence-corrected chi connectivity index (χ0v) is 11.7. The summed E-state index contributed by atoms with van der Waals surface area (Å²) in [5.74, 6) is -0.674. The number of benzene rings is 1. The first kappa shape index (κ1) is 13.6. The van der Waals surface area contributed by atoms with Gasteiger partial charge in [0.25, 0.3) is 0 Å². The summed E-state index contributed by atoms with van der Waals surface area (Å²) in [6.07, 6.45) is 0. The third kappa shape index (κ3) is 2.78. The van der Waals surface area contributed by atoms with Gasteiger partial charge in [-0.3, -0.25) is 4.79 Å². The van der Waals surface area contributed by atoms with Crippen LogP contribution in [0.2, 0.25) is 5.02 Å². The van der Waals surface area contributed by atoms with Gasteiger partial charge < -0.3 is 4.74 Å². The summed E-state index contributed by atoms with van der Waals surface area (Å²) in [4.78, 5) is 12.3. The molecule has 1 heterocycles. The Kier molecular flexibility index (Phi) is 4.20. The van der Waals surface area contributed by atoms with Crippen molar-refractivity contribution in [3.63, 3.8) is 0 Å². The molecular weight excluding hydrogens is 282 g/mol. The second-order valence-corrected chi connectivity index (χ2v) is 5.04. The minimum atomic E-state index is -0.914. The van der Waals surface area contributed by atoms with Crippen LogP contribution in [0, 0.1) is 11.3 Å². The van der Waals surface area contributed by atoms with Gasteiger partial charge in [-0.1, -0.05) is 11.6 Å². The van der Waals surface area contributed by atoms with Crippen molar-refractivity contribution in [2.45, 2.75) is 5.92 Å². The van der Waals surface area contributed by atoms with Crippen LogP contribution in [0.5, 0.6) is 5.75 Å². The fourth-order valence-electron chi connectivity index (χ4n) is 1.77. The van der Waals surface area contributed by atoms with Crippen LogP contribution in [-0.2, 0) is 0 Å². The van der Waals surface area contributed by atoms with E-state index in [4.69, 9.17) is 16.3 Å². The molecule has 0 aliphatic rings. The molecule has 2 rings (SSSR count). The van der Waals surface area contributed by atoms with E-state index in [0.29, 0.717) is 21.9 Å². The van der Waals surface area contributed by atoms with Crippen molar-refractivity contribution in [2.24, 2.45) is 0 Å². The maximum atomic E-state index is 12.3. The molecule has 0 saturated carbocycles. The van der Waals surface area contributed by atoms with Crippen molar-refractivity contribution >= 4 is 28.7 Å². The van der Waals surface area contributed by atoms with Gasteiger partial charge in [-0.15, -0.1) is 0 Å². The fraction of sp³-hybridized carbons (Fsp3) is 0.143. The van der Waals surface area contributed by atoms with Gasteiger partial charge in [0.1, 0.15) is 11.7 Å². The molecule has 0 radical (unpaired) electrons. The lowest BCUT2D eigenvalue weighted by molar-refractivity contribution is 0.0978. The number of thiophene rings is 1. The largest absolute Gasteiger partial charge is 0.496 e. The fourth-order valence-corrected chi connectivity index (χ4v) is 2.60. The average Bonchev–Trinajstić information content (AvgIpc) is 2.93. The van der Waals surface area contributed by atoms with Crippen LogP contribution in [-0.4, -0.2) is 12.9 Å². The van der Waals surface area contributed by atoms with Crippen molar-refractivity contribution in [1.82, 2.24) is 0 Å². The summed E-state index contributed by atoms with van der Waals surface area (Å²) in [5.41, 5.74) is 1.02. The highest BCUT2D eigenvalue weighted by Gasteiger charge is 2.25. The number of ether oxygens (including phenoxy) is 1. The molecule has 0 aliphatic carbocycles. The summed E-state index contributed by atoms with van der Waals surface area (Å²) in [6.45, 7) is 0. The number of ketones is 1. The van der Waals surface area contributed by atoms with Gasteiger partial charge in [0.05, 0.1) is 13.2 Å². The summed E-state index contributed by atoms with van der Waals surface area (Å²) >= 11 is 7.35. The number of rotatable bonds is 4. The van der Waals surface area contributed by atoms with Crippen LogP contribution < -0.4 is 4.74 Å². The Morgan fingerprint density at radius 1 is 1.47 bits per heavy atom. The normalized spacial score (nSPS) is 11.6. The zero-order valence-electron chi connectivity index (χ0n) is 10.1. The highest BCUT2D eigenvalue weighted by Crippen LogP contribution is 2.31. The Morgan fingerprint density at radius 2 is 2.26 bits per heavy atom. The van der Waals surface area contributed by atoms with E-state index in [-0.39, 0.29) is 5.78 Å². The number of carbonyl (C=O) groups is 1. The predicted octanol–water partition coefficient (Wildman–Crippen LogP) is 3.90. The molecule has 0 saturated heterocycles. The van der Waals surface area contributed by atoms with E-state index in [1.807, 2.05) is 6.07 Å². The summed E-state index contributed by atoms with van der Waals surface area (Å²) < 4.78 is 5.19. The van der Waals surface area contributed by atoms with Gasteiger partial charge in [0.15, 0.2) is 5.78 Å². The van der Waals surface area contributed by atoms with Crippen molar-refractivity contribution in [3.8, 4) is 11.8 Å². The molecule has 1 aromatic carbocycles. The number of nitriles is 1. The van der Waals surface area contributed by atoms with Gasteiger partial charge in [0, 0.05) is 21.5 Å². The summed E-state index contributed by atoms with van der Waals surface area (Å²) in [6, 6.07) is 8.64.